The van der Waals surface area contributed by atoms with Crippen LogP contribution >= 0.6 is 0 Å². The Morgan fingerprint density at radius 1 is 1.21 bits per heavy atom. The molecule has 1 N–H and O–H groups in total. The molecule has 210 valence electrons. The van der Waals surface area contributed by atoms with Gasteiger partial charge in [-0.25, -0.2) is 4.99 Å². The highest BCUT2D eigenvalue weighted by Crippen LogP contribution is 2.26. The Morgan fingerprint density at radius 2 is 1.92 bits per heavy atom. The van der Waals surface area contributed by atoms with Crippen LogP contribution in [0.1, 0.15) is 65.0 Å². The molecule has 0 radical (unpaired) electrons. The Kier molecular flexibility index (Phi) is 10.9. The van der Waals surface area contributed by atoms with E-state index in [9.17, 15) is 4.79 Å². The summed E-state index contributed by atoms with van der Waals surface area (Å²) < 4.78 is 5.40. The molecule has 6 heteroatoms. The summed E-state index contributed by atoms with van der Waals surface area (Å²) >= 11 is 0. The van der Waals surface area contributed by atoms with Crippen molar-refractivity contribution in [2.24, 2.45) is 10.9 Å². The molecule has 1 fully saturated rings. The van der Waals surface area contributed by atoms with E-state index in [-0.39, 0.29) is 29.7 Å². The predicted octanol–water partition coefficient (Wildman–Crippen LogP) is 6.63. The number of rotatable bonds is 8. The van der Waals surface area contributed by atoms with Gasteiger partial charge in [0.15, 0.2) is 5.84 Å². The highest BCUT2D eigenvalue weighted by atomic mass is 16.5. The summed E-state index contributed by atoms with van der Waals surface area (Å²) in [5, 5.41) is 8.82. The molecule has 1 aliphatic carbocycles. The molecule has 3 rings (SSSR count). The molecule has 1 unspecified atom stereocenters. The number of hydrogen-bond donors (Lipinski definition) is 1. The summed E-state index contributed by atoms with van der Waals surface area (Å²) in [4.78, 5) is 22.5. The molecule has 1 aliphatic heterocycles. The minimum Gasteiger partial charge on any atom is -0.501 e. The molecule has 0 bridgehead atoms. The van der Waals surface area contributed by atoms with Crippen LogP contribution in [0.2, 0.25) is 0 Å². The van der Waals surface area contributed by atoms with E-state index in [2.05, 4.69) is 61.9 Å². The third kappa shape index (κ3) is 7.81. The van der Waals surface area contributed by atoms with Crippen LogP contribution in [0.3, 0.4) is 0 Å². The van der Waals surface area contributed by atoms with Crippen LogP contribution in [0.15, 0.2) is 76.2 Å². The van der Waals surface area contributed by atoms with Gasteiger partial charge in [0.2, 0.25) is 0 Å². The third-order valence-corrected chi connectivity index (χ3v) is 7.76. The maximum Gasteiger partial charge on any atom is 0.253 e. The number of carbonyl (C=O) groups is 1. The van der Waals surface area contributed by atoms with E-state index in [1.165, 1.54) is 11.1 Å². The number of nitrogens with one attached hydrogen (secondary N) is 1. The Labute approximate surface area is 235 Å². The SMILES string of the molecule is CC=C(C(=N)N=CC(CC)Cc1cccc(C)c1)N1[C@H](C)CN(C(=O)C2=C(C)CC/C(OC)=C/C=C2)C[C@@H]1C. The summed E-state index contributed by atoms with van der Waals surface area (Å²) in [6, 6.07) is 8.72. The lowest BCUT2D eigenvalue weighted by Gasteiger charge is -2.46. The molecule has 1 saturated heterocycles. The first kappa shape index (κ1) is 30.1. The van der Waals surface area contributed by atoms with Gasteiger partial charge in [0.1, 0.15) is 0 Å². The van der Waals surface area contributed by atoms with Crippen molar-refractivity contribution in [1.29, 1.82) is 5.41 Å². The van der Waals surface area contributed by atoms with Gasteiger partial charge >= 0.3 is 0 Å². The fourth-order valence-corrected chi connectivity index (χ4v) is 5.58. The molecule has 1 amide bonds. The molecule has 1 heterocycles. The van der Waals surface area contributed by atoms with Gasteiger partial charge in [-0.2, -0.15) is 0 Å². The number of methoxy groups -OCH3 is 1. The number of aryl methyl sites for hydroxylation is 1. The van der Waals surface area contributed by atoms with Gasteiger partial charge in [0.25, 0.3) is 5.91 Å². The van der Waals surface area contributed by atoms with Crippen molar-refractivity contribution in [3.8, 4) is 0 Å². The number of hydrogen-bond acceptors (Lipinski definition) is 4. The van der Waals surface area contributed by atoms with Crippen molar-refractivity contribution >= 4 is 18.0 Å². The zero-order valence-electron chi connectivity index (χ0n) is 24.8. The molecule has 3 atom stereocenters. The summed E-state index contributed by atoms with van der Waals surface area (Å²) in [6.07, 6.45) is 13.2. The van der Waals surface area contributed by atoms with Crippen molar-refractivity contribution in [2.75, 3.05) is 20.2 Å². The van der Waals surface area contributed by atoms with Crippen molar-refractivity contribution < 1.29 is 9.53 Å². The molecular formula is C33H46N4O2. The van der Waals surface area contributed by atoms with E-state index in [0.29, 0.717) is 13.1 Å². The largest absolute Gasteiger partial charge is 0.501 e. The number of piperazine rings is 1. The Hall–Kier alpha value is -3.41. The van der Waals surface area contributed by atoms with E-state index in [1.54, 1.807) is 7.11 Å². The van der Waals surface area contributed by atoms with Crippen LogP contribution in [0.25, 0.3) is 0 Å². The minimum atomic E-state index is 0.0622. The quantitative estimate of drug-likeness (QED) is 0.303. The second-order valence-electron chi connectivity index (χ2n) is 10.9. The van der Waals surface area contributed by atoms with E-state index in [0.717, 1.165) is 48.3 Å². The van der Waals surface area contributed by atoms with Gasteiger partial charge in [0, 0.05) is 43.4 Å². The van der Waals surface area contributed by atoms with Crippen molar-refractivity contribution in [2.45, 2.75) is 79.3 Å². The topological polar surface area (TPSA) is 69.0 Å². The van der Waals surface area contributed by atoms with Gasteiger partial charge < -0.3 is 14.5 Å². The number of aliphatic imine (C=N–C) groups is 1. The molecule has 2 aliphatic rings. The average molecular weight is 531 g/mol. The highest BCUT2D eigenvalue weighted by Gasteiger charge is 2.34. The van der Waals surface area contributed by atoms with E-state index >= 15 is 0 Å². The number of carbonyl (C=O) groups excluding carboxylic acids is 1. The van der Waals surface area contributed by atoms with Gasteiger partial charge in [-0.15, -0.1) is 0 Å². The van der Waals surface area contributed by atoms with Crippen LogP contribution < -0.4 is 0 Å². The van der Waals surface area contributed by atoms with Gasteiger partial charge in [-0.3, -0.25) is 10.2 Å². The Bertz CT molecular complexity index is 1180. The number of ether oxygens (including phenoxy) is 1. The smallest absolute Gasteiger partial charge is 0.253 e. The first-order valence-electron chi connectivity index (χ1n) is 14.2. The van der Waals surface area contributed by atoms with Crippen LogP contribution in [-0.4, -0.2) is 60.0 Å². The van der Waals surface area contributed by atoms with Gasteiger partial charge in [-0.1, -0.05) is 54.5 Å². The lowest BCUT2D eigenvalue weighted by Crippen LogP contribution is -2.58. The molecule has 0 spiro atoms. The summed E-state index contributed by atoms with van der Waals surface area (Å²) in [5.41, 5.74) is 5.24. The standard InChI is InChI=1S/C33H46N4O2/c1-8-27(19-28-13-10-12-23(3)18-28)20-35-32(34)31(9-2)37-25(5)21-36(22-26(37)6)33(38)30-15-11-14-29(39-7)17-16-24(30)4/h9-15,18,20,25-27,34H,8,16-17,19,21-22H2,1-7H3/b15-11?,29-14-,30-24?,31-9?,34-32?,35-20?/t25-,26+,27?. The van der Waals surface area contributed by atoms with Crippen molar-refractivity contribution in [3.63, 3.8) is 0 Å². The number of amides is 1. The van der Waals surface area contributed by atoms with Crippen LogP contribution in [0.5, 0.6) is 0 Å². The minimum absolute atomic E-state index is 0.0622. The molecule has 0 aromatic heterocycles. The molecule has 1 aromatic carbocycles. The van der Waals surface area contributed by atoms with Crippen LogP contribution in [0, 0.1) is 18.3 Å². The molecule has 0 saturated carbocycles. The molecular weight excluding hydrogens is 484 g/mol. The first-order chi connectivity index (χ1) is 18.7. The second kappa shape index (κ2) is 14.1. The second-order valence-corrected chi connectivity index (χ2v) is 10.9. The third-order valence-electron chi connectivity index (χ3n) is 7.76. The average Bonchev–Trinajstić information content (AvgIpc) is 2.90. The molecule has 39 heavy (non-hydrogen) atoms. The maximum atomic E-state index is 13.6. The number of benzene rings is 1. The molecule has 1 aromatic rings. The predicted molar refractivity (Wildman–Crippen MR) is 162 cm³/mol. The van der Waals surface area contributed by atoms with Crippen molar-refractivity contribution in [1.82, 2.24) is 9.80 Å². The lowest BCUT2D eigenvalue weighted by atomic mass is 9.97. The fraction of sp³-hybridized carbons (Fsp3) is 0.485. The van der Waals surface area contributed by atoms with Crippen LogP contribution in [0.4, 0.5) is 0 Å². The van der Waals surface area contributed by atoms with E-state index < -0.39 is 0 Å². The van der Waals surface area contributed by atoms with E-state index in [1.807, 2.05) is 49.3 Å². The summed E-state index contributed by atoms with van der Waals surface area (Å²) in [6.45, 7) is 13.8. The van der Waals surface area contributed by atoms with Crippen LogP contribution in [-0.2, 0) is 16.0 Å². The first-order valence-corrected chi connectivity index (χ1v) is 14.2. The number of amidine groups is 1. The normalized spacial score (nSPS) is 22.8. The Morgan fingerprint density at radius 3 is 2.54 bits per heavy atom. The maximum absolute atomic E-state index is 13.6. The number of nitrogens with zero attached hydrogens (tertiary/aromatic N) is 3. The zero-order valence-corrected chi connectivity index (χ0v) is 24.8. The van der Waals surface area contributed by atoms with Gasteiger partial charge in [-0.05, 0) is 77.5 Å². The van der Waals surface area contributed by atoms with Gasteiger partial charge in [0.05, 0.1) is 18.6 Å². The summed E-state index contributed by atoms with van der Waals surface area (Å²) in [5.74, 6) is 1.56. The fourth-order valence-electron chi connectivity index (χ4n) is 5.58. The van der Waals surface area contributed by atoms with E-state index in [4.69, 9.17) is 10.1 Å². The summed E-state index contributed by atoms with van der Waals surface area (Å²) in [7, 11) is 1.69. The Balaban J connectivity index is 1.69. The monoisotopic (exact) mass is 530 g/mol. The zero-order chi connectivity index (χ0) is 28.5. The van der Waals surface area contributed by atoms with Crippen molar-refractivity contribution in [3.05, 3.63) is 82.3 Å². The lowest BCUT2D eigenvalue weighted by molar-refractivity contribution is -0.130. The number of allylic oxidation sites excluding steroid dienone is 5. The highest BCUT2D eigenvalue weighted by molar-refractivity contribution is 6.00. The molecule has 6 nitrogen and oxygen atoms in total.